The standard InChI is InChI=1S/C25H34N6O/c1-6-20-7-11-22(12-8-20)18(2)28-25(27-17-24-30-29-19(3)31(24)4)26-16-15-21-9-13-23(32-5)14-10-21/h7-14,18H,6,15-17H2,1-5H3,(H2,26,27,28). The quantitative estimate of drug-likeness (QED) is 0.396. The molecule has 170 valence electrons. The van der Waals surface area contributed by atoms with Crippen LogP contribution in [0.5, 0.6) is 5.75 Å². The second-order valence-corrected chi connectivity index (χ2v) is 7.87. The molecular weight excluding hydrogens is 400 g/mol. The summed E-state index contributed by atoms with van der Waals surface area (Å²) in [5.74, 6) is 3.33. The van der Waals surface area contributed by atoms with Crippen molar-refractivity contribution in [3.8, 4) is 5.75 Å². The molecule has 0 fully saturated rings. The SMILES string of the molecule is CCc1ccc(C(C)NC(=NCc2nnc(C)n2C)NCCc2ccc(OC)cc2)cc1. The van der Waals surface area contributed by atoms with E-state index < -0.39 is 0 Å². The van der Waals surface area contributed by atoms with Gasteiger partial charge in [-0.25, -0.2) is 4.99 Å². The van der Waals surface area contributed by atoms with E-state index in [1.54, 1.807) is 7.11 Å². The summed E-state index contributed by atoms with van der Waals surface area (Å²) in [4.78, 5) is 4.78. The monoisotopic (exact) mass is 434 g/mol. The second kappa shape index (κ2) is 11.3. The van der Waals surface area contributed by atoms with Crippen LogP contribution >= 0.6 is 0 Å². The van der Waals surface area contributed by atoms with Gasteiger partial charge in [0.2, 0.25) is 0 Å². The number of rotatable bonds is 9. The van der Waals surface area contributed by atoms with E-state index in [1.807, 2.05) is 30.7 Å². The van der Waals surface area contributed by atoms with Gasteiger partial charge in [-0.2, -0.15) is 0 Å². The molecule has 3 aromatic rings. The maximum atomic E-state index is 5.24. The highest BCUT2D eigenvalue weighted by molar-refractivity contribution is 5.80. The third kappa shape index (κ3) is 6.33. The van der Waals surface area contributed by atoms with Crippen LogP contribution in [-0.4, -0.2) is 34.4 Å². The maximum absolute atomic E-state index is 5.24. The zero-order chi connectivity index (χ0) is 22.9. The van der Waals surface area contributed by atoms with Crippen LogP contribution in [0.3, 0.4) is 0 Å². The molecule has 0 aliphatic rings. The molecule has 2 N–H and O–H groups in total. The summed E-state index contributed by atoms with van der Waals surface area (Å²) >= 11 is 0. The molecule has 0 aliphatic carbocycles. The van der Waals surface area contributed by atoms with Crippen molar-refractivity contribution in [2.45, 2.75) is 46.2 Å². The van der Waals surface area contributed by atoms with Crippen molar-refractivity contribution < 1.29 is 4.74 Å². The van der Waals surface area contributed by atoms with E-state index in [0.29, 0.717) is 6.54 Å². The Kier molecular flexibility index (Phi) is 8.25. The molecular formula is C25H34N6O. The largest absolute Gasteiger partial charge is 0.497 e. The van der Waals surface area contributed by atoms with Crippen molar-refractivity contribution in [1.82, 2.24) is 25.4 Å². The fourth-order valence-corrected chi connectivity index (χ4v) is 3.34. The van der Waals surface area contributed by atoms with E-state index in [2.05, 4.69) is 71.1 Å². The Labute approximate surface area is 190 Å². The van der Waals surface area contributed by atoms with E-state index in [-0.39, 0.29) is 6.04 Å². The summed E-state index contributed by atoms with van der Waals surface area (Å²) in [5.41, 5.74) is 3.80. The number of hydrogen-bond donors (Lipinski definition) is 2. The van der Waals surface area contributed by atoms with Crippen molar-refractivity contribution >= 4 is 5.96 Å². The van der Waals surface area contributed by atoms with Crippen molar-refractivity contribution in [2.24, 2.45) is 12.0 Å². The minimum absolute atomic E-state index is 0.120. The first-order valence-electron chi connectivity index (χ1n) is 11.1. The van der Waals surface area contributed by atoms with Gasteiger partial charge in [-0.3, -0.25) is 0 Å². The van der Waals surface area contributed by atoms with Crippen molar-refractivity contribution in [3.63, 3.8) is 0 Å². The minimum atomic E-state index is 0.120. The predicted molar refractivity (Wildman–Crippen MR) is 129 cm³/mol. The summed E-state index contributed by atoms with van der Waals surface area (Å²) in [6, 6.07) is 17.0. The summed E-state index contributed by atoms with van der Waals surface area (Å²) in [6.07, 6.45) is 1.92. The van der Waals surface area contributed by atoms with E-state index in [4.69, 9.17) is 9.73 Å². The maximum Gasteiger partial charge on any atom is 0.192 e. The average Bonchev–Trinajstić information content (AvgIpc) is 3.15. The predicted octanol–water partition coefficient (Wildman–Crippen LogP) is 3.73. The van der Waals surface area contributed by atoms with E-state index >= 15 is 0 Å². The third-order valence-corrected chi connectivity index (χ3v) is 5.67. The highest BCUT2D eigenvalue weighted by Gasteiger charge is 2.10. The average molecular weight is 435 g/mol. The summed E-state index contributed by atoms with van der Waals surface area (Å²) in [6.45, 7) is 7.47. The lowest BCUT2D eigenvalue weighted by atomic mass is 10.1. The Morgan fingerprint density at radius 1 is 1.06 bits per heavy atom. The number of ether oxygens (including phenoxy) is 1. The number of nitrogens with one attached hydrogen (secondary N) is 2. The molecule has 0 saturated carbocycles. The van der Waals surface area contributed by atoms with E-state index in [0.717, 1.165) is 42.7 Å². The Morgan fingerprint density at radius 2 is 1.75 bits per heavy atom. The molecule has 1 unspecified atom stereocenters. The van der Waals surface area contributed by atoms with Crippen LogP contribution in [-0.2, 0) is 26.4 Å². The highest BCUT2D eigenvalue weighted by atomic mass is 16.5. The molecule has 0 bridgehead atoms. The molecule has 1 heterocycles. The highest BCUT2D eigenvalue weighted by Crippen LogP contribution is 2.14. The summed E-state index contributed by atoms with van der Waals surface area (Å²) < 4.78 is 7.20. The molecule has 0 saturated heterocycles. The first kappa shape index (κ1) is 23.3. The first-order valence-corrected chi connectivity index (χ1v) is 11.1. The molecule has 1 atom stereocenters. The van der Waals surface area contributed by atoms with Gasteiger partial charge in [-0.1, -0.05) is 43.3 Å². The number of methoxy groups -OCH3 is 1. The number of benzene rings is 2. The van der Waals surface area contributed by atoms with Crippen LogP contribution in [0.1, 0.15) is 48.2 Å². The number of aliphatic imine (C=N–C) groups is 1. The Bertz CT molecular complexity index is 1010. The van der Waals surface area contributed by atoms with Gasteiger partial charge >= 0.3 is 0 Å². The fourth-order valence-electron chi connectivity index (χ4n) is 3.34. The number of hydrogen-bond acceptors (Lipinski definition) is 4. The van der Waals surface area contributed by atoms with Gasteiger partial charge in [0.15, 0.2) is 11.8 Å². The normalized spacial score (nSPS) is 12.5. The molecule has 0 amide bonds. The van der Waals surface area contributed by atoms with Gasteiger partial charge in [0.1, 0.15) is 18.1 Å². The fraction of sp³-hybridized carbons (Fsp3) is 0.400. The van der Waals surface area contributed by atoms with Crippen LogP contribution in [0.25, 0.3) is 0 Å². The van der Waals surface area contributed by atoms with Crippen molar-refractivity contribution in [1.29, 1.82) is 0 Å². The molecule has 2 aromatic carbocycles. The van der Waals surface area contributed by atoms with Crippen LogP contribution in [0, 0.1) is 6.92 Å². The van der Waals surface area contributed by atoms with Gasteiger partial charge in [-0.15, -0.1) is 10.2 Å². The lowest BCUT2D eigenvalue weighted by Crippen LogP contribution is -2.39. The molecule has 0 aliphatic heterocycles. The topological polar surface area (TPSA) is 76.4 Å². The van der Waals surface area contributed by atoms with Crippen LogP contribution in [0.2, 0.25) is 0 Å². The zero-order valence-electron chi connectivity index (χ0n) is 19.7. The number of nitrogens with zero attached hydrogens (tertiary/aromatic N) is 4. The van der Waals surface area contributed by atoms with Crippen molar-refractivity contribution in [3.05, 3.63) is 76.9 Å². The van der Waals surface area contributed by atoms with E-state index in [9.17, 15) is 0 Å². The lowest BCUT2D eigenvalue weighted by molar-refractivity contribution is 0.414. The minimum Gasteiger partial charge on any atom is -0.497 e. The van der Waals surface area contributed by atoms with Gasteiger partial charge in [0.05, 0.1) is 13.2 Å². The van der Waals surface area contributed by atoms with Crippen molar-refractivity contribution in [2.75, 3.05) is 13.7 Å². The van der Waals surface area contributed by atoms with Crippen LogP contribution < -0.4 is 15.4 Å². The lowest BCUT2D eigenvalue weighted by Gasteiger charge is -2.19. The second-order valence-electron chi connectivity index (χ2n) is 7.87. The van der Waals surface area contributed by atoms with Crippen LogP contribution in [0.15, 0.2) is 53.5 Å². The van der Waals surface area contributed by atoms with Gasteiger partial charge in [0.25, 0.3) is 0 Å². The third-order valence-electron chi connectivity index (χ3n) is 5.67. The van der Waals surface area contributed by atoms with Gasteiger partial charge < -0.3 is 19.9 Å². The molecule has 0 radical (unpaired) electrons. The zero-order valence-corrected chi connectivity index (χ0v) is 19.7. The van der Waals surface area contributed by atoms with E-state index in [1.165, 1.54) is 16.7 Å². The first-order chi connectivity index (χ1) is 15.5. The summed E-state index contributed by atoms with van der Waals surface area (Å²) in [7, 11) is 3.64. The Morgan fingerprint density at radius 3 is 2.34 bits per heavy atom. The number of aryl methyl sites for hydroxylation is 2. The van der Waals surface area contributed by atoms with Gasteiger partial charge in [0, 0.05) is 13.6 Å². The number of guanidine groups is 1. The van der Waals surface area contributed by atoms with Gasteiger partial charge in [-0.05, 0) is 55.5 Å². The Balaban J connectivity index is 1.67. The molecule has 3 rings (SSSR count). The molecule has 32 heavy (non-hydrogen) atoms. The number of aromatic nitrogens is 3. The molecule has 7 nitrogen and oxygen atoms in total. The molecule has 0 spiro atoms. The molecule has 1 aromatic heterocycles. The smallest absolute Gasteiger partial charge is 0.192 e. The summed E-state index contributed by atoms with van der Waals surface area (Å²) in [5, 5.41) is 15.4. The Hall–Kier alpha value is -3.35. The molecule has 7 heteroatoms. The van der Waals surface area contributed by atoms with Crippen LogP contribution in [0.4, 0.5) is 0 Å².